The summed E-state index contributed by atoms with van der Waals surface area (Å²) >= 11 is 5.88. The van der Waals surface area contributed by atoms with Crippen LogP contribution < -0.4 is 10.6 Å². The predicted molar refractivity (Wildman–Crippen MR) is 72.0 cm³/mol. The molecule has 0 aromatic carbocycles. The maximum Gasteiger partial charge on any atom is 0.223 e. The lowest BCUT2D eigenvalue weighted by Gasteiger charge is -2.23. The Kier molecular flexibility index (Phi) is 6.70. The molecule has 0 spiro atoms. The summed E-state index contributed by atoms with van der Waals surface area (Å²) in [6.45, 7) is 2.81. The van der Waals surface area contributed by atoms with Crippen molar-refractivity contribution in [2.75, 3.05) is 51.2 Å². The molecule has 0 aliphatic heterocycles. The lowest BCUT2D eigenvalue weighted by Crippen LogP contribution is -2.30. The van der Waals surface area contributed by atoms with E-state index in [1.165, 1.54) is 0 Å². The monoisotopic (exact) mass is 274 g/mol. The minimum atomic E-state index is 0.173. The van der Waals surface area contributed by atoms with Crippen LogP contribution in [-0.2, 0) is 9.47 Å². The lowest BCUT2D eigenvalue weighted by molar-refractivity contribution is 0.191. The van der Waals surface area contributed by atoms with Crippen molar-refractivity contribution in [1.82, 2.24) is 9.97 Å². The van der Waals surface area contributed by atoms with Crippen LogP contribution in [0.15, 0.2) is 6.07 Å². The van der Waals surface area contributed by atoms with Crippen molar-refractivity contribution in [2.45, 2.75) is 6.42 Å². The Morgan fingerprint density at radius 2 is 1.94 bits per heavy atom. The molecule has 0 saturated carbocycles. The maximum absolute atomic E-state index is 5.88. The minimum Gasteiger partial charge on any atom is -0.385 e. The van der Waals surface area contributed by atoms with Crippen LogP contribution in [0.2, 0.25) is 5.15 Å². The standard InChI is InChI=1S/C11H19ClN4O2/c1-17-6-3-4-16(5-7-18-2)10-8-9(12)14-11(13)15-10/h8H,3-7H2,1-2H3,(H2,13,14,15). The zero-order chi connectivity index (χ0) is 13.4. The van der Waals surface area contributed by atoms with E-state index in [-0.39, 0.29) is 5.95 Å². The van der Waals surface area contributed by atoms with E-state index >= 15 is 0 Å². The number of rotatable bonds is 8. The molecule has 18 heavy (non-hydrogen) atoms. The molecule has 1 rings (SSSR count). The van der Waals surface area contributed by atoms with Crippen LogP contribution in [0.3, 0.4) is 0 Å². The second-order valence-electron chi connectivity index (χ2n) is 3.73. The normalized spacial score (nSPS) is 10.6. The van der Waals surface area contributed by atoms with Crippen LogP contribution in [0, 0.1) is 0 Å². The highest BCUT2D eigenvalue weighted by molar-refractivity contribution is 6.29. The smallest absolute Gasteiger partial charge is 0.223 e. The molecule has 0 amide bonds. The van der Waals surface area contributed by atoms with Gasteiger partial charge >= 0.3 is 0 Å². The molecule has 0 fully saturated rings. The lowest BCUT2D eigenvalue weighted by atomic mass is 10.3. The number of anilines is 2. The van der Waals surface area contributed by atoms with E-state index in [4.69, 9.17) is 26.8 Å². The van der Waals surface area contributed by atoms with Gasteiger partial charge in [-0.1, -0.05) is 11.6 Å². The van der Waals surface area contributed by atoms with Crippen LogP contribution in [0.25, 0.3) is 0 Å². The van der Waals surface area contributed by atoms with Crippen molar-refractivity contribution in [1.29, 1.82) is 0 Å². The number of hydrogen-bond donors (Lipinski definition) is 1. The molecular weight excluding hydrogens is 256 g/mol. The molecule has 0 radical (unpaired) electrons. The molecule has 0 aliphatic rings. The van der Waals surface area contributed by atoms with E-state index in [0.717, 1.165) is 13.0 Å². The number of hydrogen-bond acceptors (Lipinski definition) is 6. The fourth-order valence-electron chi connectivity index (χ4n) is 1.53. The molecule has 0 atom stereocenters. The number of nitrogen functional groups attached to an aromatic ring is 1. The number of nitrogens with zero attached hydrogens (tertiary/aromatic N) is 3. The third-order valence-electron chi connectivity index (χ3n) is 2.36. The van der Waals surface area contributed by atoms with Gasteiger partial charge in [-0.3, -0.25) is 0 Å². The van der Waals surface area contributed by atoms with Crippen molar-refractivity contribution >= 4 is 23.4 Å². The van der Waals surface area contributed by atoms with Gasteiger partial charge in [0.2, 0.25) is 5.95 Å². The molecule has 0 bridgehead atoms. The Bertz CT molecular complexity index is 345. The first-order valence-electron chi connectivity index (χ1n) is 5.70. The largest absolute Gasteiger partial charge is 0.385 e. The Morgan fingerprint density at radius 1 is 1.22 bits per heavy atom. The average Bonchev–Trinajstić information content (AvgIpc) is 2.32. The third kappa shape index (κ3) is 5.03. The fourth-order valence-corrected chi connectivity index (χ4v) is 1.71. The van der Waals surface area contributed by atoms with Gasteiger partial charge in [0.1, 0.15) is 11.0 Å². The minimum absolute atomic E-state index is 0.173. The average molecular weight is 275 g/mol. The summed E-state index contributed by atoms with van der Waals surface area (Å²) in [7, 11) is 3.34. The number of aromatic nitrogens is 2. The Balaban J connectivity index is 2.72. The van der Waals surface area contributed by atoms with Crippen molar-refractivity contribution in [2.24, 2.45) is 0 Å². The van der Waals surface area contributed by atoms with Gasteiger partial charge in [-0.2, -0.15) is 4.98 Å². The Morgan fingerprint density at radius 3 is 2.56 bits per heavy atom. The number of halogens is 1. The van der Waals surface area contributed by atoms with Gasteiger partial charge in [0.25, 0.3) is 0 Å². The summed E-state index contributed by atoms with van der Waals surface area (Å²) in [5, 5.41) is 0.339. The Hall–Kier alpha value is -1.11. The molecule has 7 heteroatoms. The highest BCUT2D eigenvalue weighted by atomic mass is 35.5. The van der Waals surface area contributed by atoms with Gasteiger partial charge in [-0.15, -0.1) is 0 Å². The summed E-state index contributed by atoms with van der Waals surface area (Å²) < 4.78 is 10.1. The third-order valence-corrected chi connectivity index (χ3v) is 2.56. The van der Waals surface area contributed by atoms with Gasteiger partial charge < -0.3 is 20.1 Å². The summed E-state index contributed by atoms with van der Waals surface area (Å²) in [6.07, 6.45) is 0.891. The van der Waals surface area contributed by atoms with Crippen molar-refractivity contribution in [3.8, 4) is 0 Å². The highest BCUT2D eigenvalue weighted by Crippen LogP contribution is 2.17. The quantitative estimate of drug-likeness (QED) is 0.567. The van der Waals surface area contributed by atoms with E-state index in [2.05, 4.69) is 9.97 Å². The molecule has 1 aromatic rings. The molecule has 102 valence electrons. The fraction of sp³-hybridized carbons (Fsp3) is 0.636. The van der Waals surface area contributed by atoms with Crippen LogP contribution >= 0.6 is 11.6 Å². The van der Waals surface area contributed by atoms with E-state index < -0.39 is 0 Å². The maximum atomic E-state index is 5.88. The SMILES string of the molecule is COCCCN(CCOC)c1cc(Cl)nc(N)n1. The number of methoxy groups -OCH3 is 2. The number of ether oxygens (including phenoxy) is 2. The second kappa shape index (κ2) is 8.07. The van der Waals surface area contributed by atoms with E-state index in [9.17, 15) is 0 Å². The van der Waals surface area contributed by atoms with E-state index in [0.29, 0.717) is 30.7 Å². The van der Waals surface area contributed by atoms with Crippen LogP contribution in [-0.4, -0.2) is 50.5 Å². The highest BCUT2D eigenvalue weighted by Gasteiger charge is 2.10. The Labute approximate surface area is 112 Å². The number of nitrogens with two attached hydrogens (primary N) is 1. The first-order chi connectivity index (χ1) is 8.67. The van der Waals surface area contributed by atoms with Gasteiger partial charge in [-0.05, 0) is 6.42 Å². The second-order valence-corrected chi connectivity index (χ2v) is 4.12. The van der Waals surface area contributed by atoms with Crippen molar-refractivity contribution in [3.63, 3.8) is 0 Å². The van der Waals surface area contributed by atoms with Crippen LogP contribution in [0.1, 0.15) is 6.42 Å². The molecule has 0 saturated heterocycles. The first kappa shape index (κ1) is 14.9. The zero-order valence-electron chi connectivity index (χ0n) is 10.7. The molecular formula is C11H19ClN4O2. The molecule has 1 heterocycles. The zero-order valence-corrected chi connectivity index (χ0v) is 11.5. The summed E-state index contributed by atoms with van der Waals surface area (Å²) in [5.41, 5.74) is 5.59. The van der Waals surface area contributed by atoms with Crippen molar-refractivity contribution in [3.05, 3.63) is 11.2 Å². The van der Waals surface area contributed by atoms with E-state index in [1.807, 2.05) is 4.90 Å². The molecule has 0 unspecified atom stereocenters. The van der Waals surface area contributed by atoms with Crippen LogP contribution in [0.4, 0.5) is 11.8 Å². The summed E-state index contributed by atoms with van der Waals surface area (Å²) in [6, 6.07) is 1.69. The van der Waals surface area contributed by atoms with Gasteiger partial charge in [0.05, 0.1) is 6.61 Å². The predicted octanol–water partition coefficient (Wildman–Crippen LogP) is 1.20. The van der Waals surface area contributed by atoms with E-state index in [1.54, 1.807) is 20.3 Å². The topological polar surface area (TPSA) is 73.5 Å². The van der Waals surface area contributed by atoms with Crippen molar-refractivity contribution < 1.29 is 9.47 Å². The molecule has 6 nitrogen and oxygen atoms in total. The summed E-state index contributed by atoms with van der Waals surface area (Å²) in [4.78, 5) is 10.1. The summed E-state index contributed by atoms with van der Waals surface area (Å²) in [5.74, 6) is 0.882. The molecule has 0 aliphatic carbocycles. The first-order valence-corrected chi connectivity index (χ1v) is 6.08. The molecule has 1 aromatic heterocycles. The molecule has 2 N–H and O–H groups in total. The van der Waals surface area contributed by atoms with Crippen LogP contribution in [0.5, 0.6) is 0 Å². The van der Waals surface area contributed by atoms with Gasteiger partial charge in [-0.25, -0.2) is 4.98 Å². The van der Waals surface area contributed by atoms with Gasteiger partial charge in [0, 0.05) is 40.0 Å². The van der Waals surface area contributed by atoms with Gasteiger partial charge in [0.15, 0.2) is 0 Å².